The van der Waals surface area contributed by atoms with Gasteiger partial charge in [0, 0.05) is 41.7 Å². The SMILES string of the molecule is CO.Clc1ccccc1.[Na]. The Balaban J connectivity index is 0. The van der Waals surface area contributed by atoms with E-state index < -0.39 is 0 Å². The molecule has 0 amide bonds. The van der Waals surface area contributed by atoms with Crippen LogP contribution in [0.15, 0.2) is 30.3 Å². The number of halogens is 1. The molecule has 1 aromatic rings. The summed E-state index contributed by atoms with van der Waals surface area (Å²) in [5.74, 6) is 0. The zero-order chi connectivity index (χ0) is 7.11. The quantitative estimate of drug-likeness (QED) is 0.582. The second kappa shape index (κ2) is 9.47. The standard InChI is InChI=1S/C6H5Cl.CH4O.Na/c7-6-4-2-1-3-5-6;1-2;/h1-5H;2H,1H3;. The van der Waals surface area contributed by atoms with Gasteiger partial charge in [-0.3, -0.25) is 0 Å². The van der Waals surface area contributed by atoms with E-state index in [2.05, 4.69) is 0 Å². The molecule has 1 aromatic carbocycles. The molecule has 0 unspecified atom stereocenters. The molecule has 0 aromatic heterocycles. The van der Waals surface area contributed by atoms with E-state index in [0.29, 0.717) is 0 Å². The summed E-state index contributed by atoms with van der Waals surface area (Å²) in [5, 5.41) is 7.79. The molecule has 0 aliphatic heterocycles. The van der Waals surface area contributed by atoms with Gasteiger partial charge in [-0.15, -0.1) is 0 Å². The van der Waals surface area contributed by atoms with E-state index in [4.69, 9.17) is 16.7 Å². The molecule has 0 saturated heterocycles. The summed E-state index contributed by atoms with van der Waals surface area (Å²) in [4.78, 5) is 0. The molecule has 0 atom stereocenters. The van der Waals surface area contributed by atoms with Crippen LogP contribution in [0.5, 0.6) is 0 Å². The maximum absolute atomic E-state index is 7.00. The van der Waals surface area contributed by atoms with Gasteiger partial charge < -0.3 is 5.11 Å². The normalized spacial score (nSPS) is 6.70. The van der Waals surface area contributed by atoms with E-state index in [1.54, 1.807) is 0 Å². The van der Waals surface area contributed by atoms with Gasteiger partial charge in [0.05, 0.1) is 0 Å². The van der Waals surface area contributed by atoms with E-state index in [1.807, 2.05) is 30.3 Å². The van der Waals surface area contributed by atoms with Gasteiger partial charge in [-0.05, 0) is 12.1 Å². The maximum Gasteiger partial charge on any atom is 0.0405 e. The first-order valence-electron chi connectivity index (χ1n) is 2.55. The predicted molar refractivity (Wildman–Crippen MR) is 45.3 cm³/mol. The van der Waals surface area contributed by atoms with Gasteiger partial charge in [0.1, 0.15) is 0 Å². The summed E-state index contributed by atoms with van der Waals surface area (Å²) >= 11 is 5.54. The van der Waals surface area contributed by atoms with Crippen LogP contribution in [-0.2, 0) is 0 Å². The van der Waals surface area contributed by atoms with Crippen molar-refractivity contribution in [2.45, 2.75) is 0 Å². The van der Waals surface area contributed by atoms with Crippen molar-refractivity contribution >= 4 is 41.2 Å². The van der Waals surface area contributed by atoms with Crippen molar-refractivity contribution in [3.63, 3.8) is 0 Å². The third-order valence-corrected chi connectivity index (χ3v) is 0.985. The molecule has 0 fully saturated rings. The number of aliphatic hydroxyl groups is 1. The molecule has 51 valence electrons. The van der Waals surface area contributed by atoms with Crippen LogP contribution in [0.3, 0.4) is 0 Å². The summed E-state index contributed by atoms with van der Waals surface area (Å²) in [6.45, 7) is 0. The zero-order valence-corrected chi connectivity index (χ0v) is 8.97. The Morgan fingerprint density at radius 3 is 1.70 bits per heavy atom. The molecule has 10 heavy (non-hydrogen) atoms. The van der Waals surface area contributed by atoms with Gasteiger partial charge in [0.15, 0.2) is 0 Å². The Kier molecular flexibility index (Phi) is 12.4. The van der Waals surface area contributed by atoms with Crippen molar-refractivity contribution in [3.05, 3.63) is 35.4 Å². The van der Waals surface area contributed by atoms with Crippen LogP contribution in [0.2, 0.25) is 5.02 Å². The Labute approximate surface area is 88.3 Å². The third-order valence-electron chi connectivity index (χ3n) is 0.733. The van der Waals surface area contributed by atoms with Crippen molar-refractivity contribution in [2.24, 2.45) is 0 Å². The first kappa shape index (κ1) is 13.1. The fraction of sp³-hybridized carbons (Fsp3) is 0.143. The van der Waals surface area contributed by atoms with E-state index in [1.165, 1.54) is 0 Å². The first-order valence-corrected chi connectivity index (χ1v) is 2.92. The fourth-order valence-corrected chi connectivity index (χ4v) is 0.560. The number of hydrogen-bond donors (Lipinski definition) is 1. The van der Waals surface area contributed by atoms with Crippen LogP contribution in [0.25, 0.3) is 0 Å². The minimum absolute atomic E-state index is 0. The van der Waals surface area contributed by atoms with Gasteiger partial charge >= 0.3 is 0 Å². The molecule has 0 saturated carbocycles. The summed E-state index contributed by atoms with van der Waals surface area (Å²) in [6, 6.07) is 9.44. The van der Waals surface area contributed by atoms with Gasteiger partial charge in [-0.2, -0.15) is 0 Å². The van der Waals surface area contributed by atoms with Crippen LogP contribution in [-0.4, -0.2) is 41.8 Å². The smallest absolute Gasteiger partial charge is 0.0405 e. The van der Waals surface area contributed by atoms with Gasteiger partial charge in [-0.1, -0.05) is 29.8 Å². The monoisotopic (exact) mass is 167 g/mol. The molecule has 0 aliphatic carbocycles. The summed E-state index contributed by atoms with van der Waals surface area (Å²) in [5.41, 5.74) is 0. The van der Waals surface area contributed by atoms with E-state index >= 15 is 0 Å². The third kappa shape index (κ3) is 6.59. The van der Waals surface area contributed by atoms with Crippen molar-refractivity contribution in [2.75, 3.05) is 7.11 Å². The first-order chi connectivity index (χ1) is 4.39. The van der Waals surface area contributed by atoms with Crippen LogP contribution >= 0.6 is 11.6 Å². The molecule has 0 heterocycles. The van der Waals surface area contributed by atoms with Crippen molar-refractivity contribution in [1.29, 1.82) is 0 Å². The van der Waals surface area contributed by atoms with Crippen LogP contribution in [0.4, 0.5) is 0 Å². The molecule has 1 N–H and O–H groups in total. The zero-order valence-electron chi connectivity index (χ0n) is 6.21. The van der Waals surface area contributed by atoms with Crippen molar-refractivity contribution in [3.8, 4) is 0 Å². The van der Waals surface area contributed by atoms with Crippen LogP contribution < -0.4 is 0 Å². The Morgan fingerprint density at radius 2 is 1.50 bits per heavy atom. The molecule has 1 rings (SSSR count). The summed E-state index contributed by atoms with van der Waals surface area (Å²) in [7, 11) is 1.00. The minimum atomic E-state index is 0. The maximum atomic E-state index is 7.00. The average Bonchev–Trinajstić information content (AvgIpc) is 1.94. The molecule has 0 aliphatic rings. The second-order valence-electron chi connectivity index (χ2n) is 1.30. The largest absolute Gasteiger partial charge is 0.400 e. The van der Waals surface area contributed by atoms with E-state index in [-0.39, 0.29) is 29.6 Å². The summed E-state index contributed by atoms with van der Waals surface area (Å²) in [6.07, 6.45) is 0. The topological polar surface area (TPSA) is 20.2 Å². The van der Waals surface area contributed by atoms with Crippen LogP contribution in [0.1, 0.15) is 0 Å². The molecule has 0 spiro atoms. The van der Waals surface area contributed by atoms with Crippen LogP contribution in [0, 0.1) is 0 Å². The van der Waals surface area contributed by atoms with Gasteiger partial charge in [-0.25, -0.2) is 0 Å². The second-order valence-corrected chi connectivity index (χ2v) is 1.73. The predicted octanol–water partition coefficient (Wildman–Crippen LogP) is 1.57. The minimum Gasteiger partial charge on any atom is -0.400 e. The molecular formula is C7H9ClNaO. The number of aliphatic hydroxyl groups excluding tert-OH is 1. The Hall–Kier alpha value is 0.470. The molecule has 1 radical (unpaired) electrons. The fourth-order valence-electron chi connectivity index (χ4n) is 0.415. The van der Waals surface area contributed by atoms with E-state index in [9.17, 15) is 0 Å². The van der Waals surface area contributed by atoms with Gasteiger partial charge in [0.25, 0.3) is 0 Å². The Morgan fingerprint density at radius 1 is 1.10 bits per heavy atom. The number of benzene rings is 1. The van der Waals surface area contributed by atoms with Gasteiger partial charge in [0.2, 0.25) is 0 Å². The average molecular weight is 168 g/mol. The summed E-state index contributed by atoms with van der Waals surface area (Å²) < 4.78 is 0. The molecular weight excluding hydrogens is 159 g/mol. The molecule has 1 nitrogen and oxygen atoms in total. The van der Waals surface area contributed by atoms with Crippen molar-refractivity contribution in [1.82, 2.24) is 0 Å². The van der Waals surface area contributed by atoms with E-state index in [0.717, 1.165) is 12.1 Å². The molecule has 3 heteroatoms. The Bertz CT molecular complexity index is 144. The molecule has 0 bridgehead atoms. The number of rotatable bonds is 0. The number of hydrogen-bond acceptors (Lipinski definition) is 1. The van der Waals surface area contributed by atoms with Crippen molar-refractivity contribution < 1.29 is 5.11 Å².